The summed E-state index contributed by atoms with van der Waals surface area (Å²) in [4.78, 5) is 4.18. The lowest BCUT2D eigenvalue weighted by molar-refractivity contribution is 0.451. The smallest absolute Gasteiger partial charge is 0.125 e. The summed E-state index contributed by atoms with van der Waals surface area (Å²) in [7, 11) is 0. The summed E-state index contributed by atoms with van der Waals surface area (Å²) < 4.78 is 2.13. The Morgan fingerprint density at radius 3 is 3.40 bits per heavy atom. The Balaban J connectivity index is 2.41. The standard InChI is InChI=1S/C7H11N3/c8-6-2-1-4-10-5-3-9-7(6)10/h3,5-6H,1-2,4,8H2/t6-/m0/s1. The first kappa shape index (κ1) is 5.92. The van der Waals surface area contributed by atoms with Gasteiger partial charge < -0.3 is 10.3 Å². The Morgan fingerprint density at radius 1 is 1.70 bits per heavy atom. The van der Waals surface area contributed by atoms with E-state index in [0.717, 1.165) is 18.8 Å². The first-order valence-corrected chi connectivity index (χ1v) is 3.64. The molecule has 0 bridgehead atoms. The molecule has 1 aromatic heterocycles. The third-order valence-corrected chi connectivity index (χ3v) is 1.99. The van der Waals surface area contributed by atoms with Crippen LogP contribution in [0.15, 0.2) is 12.4 Å². The fraction of sp³-hybridized carbons (Fsp3) is 0.571. The number of hydrogen-bond acceptors (Lipinski definition) is 2. The van der Waals surface area contributed by atoms with Crippen molar-refractivity contribution in [1.29, 1.82) is 0 Å². The lowest BCUT2D eigenvalue weighted by Crippen LogP contribution is -2.21. The van der Waals surface area contributed by atoms with E-state index in [1.54, 1.807) is 0 Å². The summed E-state index contributed by atoms with van der Waals surface area (Å²) in [6.45, 7) is 1.09. The van der Waals surface area contributed by atoms with Crippen molar-refractivity contribution in [2.24, 2.45) is 5.73 Å². The summed E-state index contributed by atoms with van der Waals surface area (Å²) in [6.07, 6.45) is 6.08. The van der Waals surface area contributed by atoms with E-state index in [0.29, 0.717) is 0 Å². The second-order valence-corrected chi connectivity index (χ2v) is 2.73. The highest BCUT2D eigenvalue weighted by atomic mass is 15.1. The predicted molar refractivity (Wildman–Crippen MR) is 38.4 cm³/mol. The molecule has 0 amide bonds. The summed E-state index contributed by atoms with van der Waals surface area (Å²) >= 11 is 0. The number of hydrogen-bond donors (Lipinski definition) is 1. The Labute approximate surface area is 59.9 Å². The minimum absolute atomic E-state index is 0.170. The fourth-order valence-electron chi connectivity index (χ4n) is 1.45. The zero-order valence-electron chi connectivity index (χ0n) is 5.83. The van der Waals surface area contributed by atoms with E-state index >= 15 is 0 Å². The fourth-order valence-corrected chi connectivity index (χ4v) is 1.45. The van der Waals surface area contributed by atoms with Crippen LogP contribution in [0.1, 0.15) is 24.7 Å². The third kappa shape index (κ3) is 0.743. The molecule has 1 aromatic rings. The molecule has 0 aromatic carbocycles. The highest BCUT2D eigenvalue weighted by Gasteiger charge is 2.16. The normalized spacial score (nSPS) is 24.3. The van der Waals surface area contributed by atoms with Crippen LogP contribution < -0.4 is 5.73 Å². The van der Waals surface area contributed by atoms with Gasteiger partial charge in [-0.05, 0) is 12.8 Å². The van der Waals surface area contributed by atoms with Gasteiger partial charge in [0, 0.05) is 18.9 Å². The maximum Gasteiger partial charge on any atom is 0.125 e. The second-order valence-electron chi connectivity index (χ2n) is 2.73. The maximum absolute atomic E-state index is 5.81. The van der Waals surface area contributed by atoms with Crippen molar-refractivity contribution in [3.63, 3.8) is 0 Å². The highest BCUT2D eigenvalue weighted by molar-refractivity contribution is 5.00. The number of nitrogens with two attached hydrogens (primary N) is 1. The van der Waals surface area contributed by atoms with Crippen LogP contribution in [0.3, 0.4) is 0 Å². The van der Waals surface area contributed by atoms with Gasteiger partial charge in [-0.3, -0.25) is 0 Å². The minimum atomic E-state index is 0.170. The van der Waals surface area contributed by atoms with Crippen LogP contribution in [0.25, 0.3) is 0 Å². The monoisotopic (exact) mass is 137 g/mol. The predicted octanol–water partition coefficient (Wildman–Crippen LogP) is 0.677. The number of aryl methyl sites for hydroxylation is 1. The summed E-state index contributed by atoms with van der Waals surface area (Å²) in [6, 6.07) is 0.170. The molecule has 0 saturated carbocycles. The van der Waals surface area contributed by atoms with Gasteiger partial charge in [-0.25, -0.2) is 4.98 Å². The SMILES string of the molecule is N[C@H]1CCCn2ccnc21. The van der Waals surface area contributed by atoms with Gasteiger partial charge in [0.1, 0.15) is 5.82 Å². The van der Waals surface area contributed by atoms with Crippen molar-refractivity contribution in [1.82, 2.24) is 9.55 Å². The van der Waals surface area contributed by atoms with Crippen molar-refractivity contribution >= 4 is 0 Å². The van der Waals surface area contributed by atoms with Crippen molar-refractivity contribution in [2.45, 2.75) is 25.4 Å². The maximum atomic E-state index is 5.81. The summed E-state index contributed by atoms with van der Waals surface area (Å²) in [5.74, 6) is 1.05. The lowest BCUT2D eigenvalue weighted by Gasteiger charge is -2.19. The number of fused-ring (bicyclic) bond motifs is 1. The number of aromatic nitrogens is 2. The molecule has 2 N–H and O–H groups in total. The summed E-state index contributed by atoms with van der Waals surface area (Å²) in [5, 5.41) is 0. The molecule has 0 unspecified atom stereocenters. The molecule has 10 heavy (non-hydrogen) atoms. The van der Waals surface area contributed by atoms with Crippen molar-refractivity contribution in [3.05, 3.63) is 18.2 Å². The molecule has 2 heterocycles. The molecule has 3 nitrogen and oxygen atoms in total. The number of rotatable bonds is 0. The molecular weight excluding hydrogens is 126 g/mol. The van der Waals surface area contributed by atoms with Crippen LogP contribution in [0, 0.1) is 0 Å². The van der Waals surface area contributed by atoms with Gasteiger partial charge in [0.2, 0.25) is 0 Å². The summed E-state index contributed by atoms with van der Waals surface area (Å²) in [5.41, 5.74) is 5.81. The van der Waals surface area contributed by atoms with Gasteiger partial charge in [0.05, 0.1) is 6.04 Å². The molecular formula is C7H11N3. The van der Waals surface area contributed by atoms with Gasteiger partial charge in [0.15, 0.2) is 0 Å². The highest BCUT2D eigenvalue weighted by Crippen LogP contribution is 2.19. The van der Waals surface area contributed by atoms with Crippen LogP contribution in [0.4, 0.5) is 0 Å². The molecule has 54 valence electrons. The van der Waals surface area contributed by atoms with Crippen LogP contribution >= 0.6 is 0 Å². The number of nitrogens with zero attached hydrogens (tertiary/aromatic N) is 2. The Bertz CT molecular complexity index is 229. The van der Waals surface area contributed by atoms with E-state index in [1.807, 2.05) is 12.4 Å². The van der Waals surface area contributed by atoms with Gasteiger partial charge in [-0.2, -0.15) is 0 Å². The molecule has 0 fully saturated rings. The van der Waals surface area contributed by atoms with Crippen LogP contribution in [0.2, 0.25) is 0 Å². The van der Waals surface area contributed by atoms with E-state index in [-0.39, 0.29) is 6.04 Å². The van der Waals surface area contributed by atoms with Crippen LogP contribution in [-0.4, -0.2) is 9.55 Å². The minimum Gasteiger partial charge on any atom is -0.334 e. The van der Waals surface area contributed by atoms with E-state index in [1.165, 1.54) is 6.42 Å². The lowest BCUT2D eigenvalue weighted by atomic mass is 10.1. The van der Waals surface area contributed by atoms with Gasteiger partial charge >= 0.3 is 0 Å². The molecule has 1 atom stereocenters. The van der Waals surface area contributed by atoms with Crippen molar-refractivity contribution in [3.8, 4) is 0 Å². The molecule has 0 aliphatic carbocycles. The van der Waals surface area contributed by atoms with Crippen molar-refractivity contribution in [2.75, 3.05) is 0 Å². The van der Waals surface area contributed by atoms with Gasteiger partial charge in [0.25, 0.3) is 0 Å². The van der Waals surface area contributed by atoms with Crippen LogP contribution in [0.5, 0.6) is 0 Å². The van der Waals surface area contributed by atoms with E-state index < -0.39 is 0 Å². The molecule has 0 saturated heterocycles. The molecule has 0 spiro atoms. The Kier molecular flexibility index (Phi) is 1.24. The Hall–Kier alpha value is -0.830. The molecule has 0 radical (unpaired) electrons. The topological polar surface area (TPSA) is 43.8 Å². The van der Waals surface area contributed by atoms with E-state index in [9.17, 15) is 0 Å². The largest absolute Gasteiger partial charge is 0.334 e. The van der Waals surface area contributed by atoms with Gasteiger partial charge in [-0.1, -0.05) is 0 Å². The quantitative estimate of drug-likeness (QED) is 0.571. The van der Waals surface area contributed by atoms with Gasteiger partial charge in [-0.15, -0.1) is 0 Å². The average molecular weight is 137 g/mol. The average Bonchev–Trinajstić information content (AvgIpc) is 2.36. The third-order valence-electron chi connectivity index (χ3n) is 1.99. The molecule has 3 heteroatoms. The molecule has 2 rings (SSSR count). The first-order chi connectivity index (χ1) is 4.88. The number of imidazole rings is 1. The van der Waals surface area contributed by atoms with Crippen LogP contribution in [-0.2, 0) is 6.54 Å². The van der Waals surface area contributed by atoms with E-state index in [2.05, 4.69) is 9.55 Å². The van der Waals surface area contributed by atoms with Crippen molar-refractivity contribution < 1.29 is 0 Å². The molecule has 1 aliphatic rings. The zero-order chi connectivity index (χ0) is 6.97. The first-order valence-electron chi connectivity index (χ1n) is 3.64. The Morgan fingerprint density at radius 2 is 2.60 bits per heavy atom. The van der Waals surface area contributed by atoms with E-state index in [4.69, 9.17) is 5.73 Å². The second kappa shape index (κ2) is 2.09. The zero-order valence-corrected chi connectivity index (χ0v) is 5.83. The molecule has 1 aliphatic heterocycles.